The number of nitrogens with one attached hydrogen (secondary N) is 2. The van der Waals surface area contributed by atoms with Crippen LogP contribution in [-0.4, -0.2) is 20.2 Å². The van der Waals surface area contributed by atoms with Crippen LogP contribution >= 0.6 is 11.6 Å². The van der Waals surface area contributed by atoms with E-state index in [1.54, 1.807) is 18.3 Å². The predicted molar refractivity (Wildman–Crippen MR) is 47.7 cm³/mol. The van der Waals surface area contributed by atoms with Crippen molar-refractivity contribution in [3.8, 4) is 0 Å². The molecule has 2 heterocycles. The normalized spacial score (nSPS) is 9.92. The Hall–Kier alpha value is -1.62. The van der Waals surface area contributed by atoms with Gasteiger partial charge in [0.05, 0.1) is 6.20 Å². The average molecular weight is 195 g/mol. The fourth-order valence-corrected chi connectivity index (χ4v) is 0.973. The van der Waals surface area contributed by atoms with Crippen molar-refractivity contribution in [2.75, 3.05) is 5.32 Å². The number of aromatic nitrogens is 4. The summed E-state index contributed by atoms with van der Waals surface area (Å²) < 4.78 is 0. The van der Waals surface area contributed by atoms with Crippen LogP contribution in [0, 0.1) is 6.20 Å². The summed E-state index contributed by atoms with van der Waals surface area (Å²) in [5.74, 6) is 1.23. The lowest BCUT2D eigenvalue weighted by Crippen LogP contribution is -1.94. The highest BCUT2D eigenvalue weighted by Crippen LogP contribution is 2.11. The van der Waals surface area contributed by atoms with E-state index in [1.165, 1.54) is 0 Å². The Bertz CT molecular complexity index is 386. The SMILES string of the molecule is Clc1nccc(Nc2c[c][nH]n2)n1. The van der Waals surface area contributed by atoms with Crippen LogP contribution in [0.4, 0.5) is 11.6 Å². The topological polar surface area (TPSA) is 66.5 Å². The van der Waals surface area contributed by atoms with Crippen molar-refractivity contribution in [3.63, 3.8) is 0 Å². The number of halogens is 1. The lowest BCUT2D eigenvalue weighted by molar-refractivity contribution is 1.08. The summed E-state index contributed by atoms with van der Waals surface area (Å²) in [6.45, 7) is 0. The number of rotatable bonds is 2. The number of hydrogen-bond donors (Lipinski definition) is 2. The molecule has 0 aromatic carbocycles. The van der Waals surface area contributed by atoms with Crippen molar-refractivity contribution in [2.24, 2.45) is 0 Å². The minimum Gasteiger partial charge on any atom is -0.323 e. The van der Waals surface area contributed by atoms with E-state index in [0.29, 0.717) is 11.6 Å². The Morgan fingerprint density at radius 1 is 1.46 bits per heavy atom. The second-order valence-electron chi connectivity index (χ2n) is 2.23. The quantitative estimate of drug-likeness (QED) is 0.710. The first-order chi connectivity index (χ1) is 6.34. The molecule has 1 radical (unpaired) electrons. The maximum absolute atomic E-state index is 5.59. The molecule has 0 aliphatic heterocycles. The fraction of sp³-hybridized carbons (Fsp3) is 0. The molecular formula is C7H5ClN5. The molecule has 6 heteroatoms. The smallest absolute Gasteiger partial charge is 0.224 e. The van der Waals surface area contributed by atoms with E-state index < -0.39 is 0 Å². The highest BCUT2D eigenvalue weighted by atomic mass is 35.5. The van der Waals surface area contributed by atoms with Gasteiger partial charge < -0.3 is 5.32 Å². The Morgan fingerprint density at radius 2 is 2.38 bits per heavy atom. The molecule has 2 N–H and O–H groups in total. The van der Waals surface area contributed by atoms with Gasteiger partial charge in [-0.3, -0.25) is 5.10 Å². The lowest BCUT2D eigenvalue weighted by atomic mass is 10.5. The molecule has 65 valence electrons. The van der Waals surface area contributed by atoms with Crippen molar-refractivity contribution in [1.29, 1.82) is 0 Å². The van der Waals surface area contributed by atoms with Gasteiger partial charge in [0.1, 0.15) is 5.82 Å². The van der Waals surface area contributed by atoms with Crippen LogP contribution in [0.5, 0.6) is 0 Å². The van der Waals surface area contributed by atoms with E-state index in [9.17, 15) is 0 Å². The van der Waals surface area contributed by atoms with Crippen LogP contribution in [-0.2, 0) is 0 Å². The second-order valence-corrected chi connectivity index (χ2v) is 2.57. The van der Waals surface area contributed by atoms with E-state index in [4.69, 9.17) is 11.6 Å². The lowest BCUT2D eigenvalue weighted by Gasteiger charge is -1.99. The van der Waals surface area contributed by atoms with Crippen LogP contribution in [0.3, 0.4) is 0 Å². The summed E-state index contributed by atoms with van der Waals surface area (Å²) in [4.78, 5) is 7.67. The van der Waals surface area contributed by atoms with Gasteiger partial charge in [-0.1, -0.05) is 0 Å². The van der Waals surface area contributed by atoms with Gasteiger partial charge in [-0.25, -0.2) is 9.97 Å². The fourth-order valence-electron chi connectivity index (χ4n) is 0.825. The molecule has 2 aromatic heterocycles. The first-order valence-corrected chi connectivity index (χ1v) is 3.89. The Balaban J connectivity index is 2.19. The van der Waals surface area contributed by atoms with Gasteiger partial charge in [-0.2, -0.15) is 5.10 Å². The van der Waals surface area contributed by atoms with Crippen molar-refractivity contribution < 1.29 is 0 Å². The van der Waals surface area contributed by atoms with Crippen LogP contribution in [0.25, 0.3) is 0 Å². The molecule has 0 fully saturated rings. The van der Waals surface area contributed by atoms with E-state index in [-0.39, 0.29) is 5.28 Å². The molecule has 0 amide bonds. The molecule has 0 saturated carbocycles. The van der Waals surface area contributed by atoms with Gasteiger partial charge in [0.2, 0.25) is 5.28 Å². The molecule has 13 heavy (non-hydrogen) atoms. The number of anilines is 2. The Kier molecular flexibility index (Phi) is 2.09. The molecule has 0 bridgehead atoms. The van der Waals surface area contributed by atoms with Gasteiger partial charge in [0.15, 0.2) is 5.82 Å². The molecule has 0 aliphatic rings. The highest BCUT2D eigenvalue weighted by Gasteiger charge is 1.98. The van der Waals surface area contributed by atoms with Crippen molar-refractivity contribution >= 4 is 23.2 Å². The third kappa shape index (κ3) is 1.94. The third-order valence-electron chi connectivity index (χ3n) is 1.33. The zero-order valence-corrected chi connectivity index (χ0v) is 7.21. The minimum absolute atomic E-state index is 0.199. The number of nitrogens with zero attached hydrogens (tertiary/aromatic N) is 3. The van der Waals surface area contributed by atoms with Crippen LogP contribution in [0.1, 0.15) is 0 Å². The number of hydrogen-bond acceptors (Lipinski definition) is 4. The third-order valence-corrected chi connectivity index (χ3v) is 1.51. The average Bonchev–Trinajstić information content (AvgIpc) is 2.57. The van der Waals surface area contributed by atoms with Crippen molar-refractivity contribution in [2.45, 2.75) is 0 Å². The molecule has 0 aliphatic carbocycles. The summed E-state index contributed by atoms with van der Waals surface area (Å²) in [5, 5.41) is 9.51. The van der Waals surface area contributed by atoms with Gasteiger partial charge in [0.25, 0.3) is 0 Å². The van der Waals surface area contributed by atoms with Gasteiger partial charge in [-0.15, -0.1) is 0 Å². The van der Waals surface area contributed by atoms with Gasteiger partial charge in [0, 0.05) is 12.3 Å². The van der Waals surface area contributed by atoms with Crippen molar-refractivity contribution in [3.05, 3.63) is 29.8 Å². The molecule has 5 nitrogen and oxygen atoms in total. The predicted octanol–water partition coefficient (Wildman–Crippen LogP) is 1.40. The summed E-state index contributed by atoms with van der Waals surface area (Å²) in [6, 6.07) is 3.36. The first kappa shape index (κ1) is 8.00. The molecule has 2 rings (SSSR count). The van der Waals surface area contributed by atoms with E-state index in [1.807, 2.05) is 0 Å². The summed E-state index contributed by atoms with van der Waals surface area (Å²) >= 11 is 5.59. The van der Waals surface area contributed by atoms with E-state index in [2.05, 4.69) is 31.7 Å². The molecule has 0 unspecified atom stereocenters. The Morgan fingerprint density at radius 3 is 3.08 bits per heavy atom. The first-order valence-electron chi connectivity index (χ1n) is 3.51. The van der Waals surface area contributed by atoms with Crippen LogP contribution < -0.4 is 5.32 Å². The minimum atomic E-state index is 0.199. The molecule has 2 aromatic rings. The van der Waals surface area contributed by atoms with Crippen LogP contribution in [0.2, 0.25) is 5.28 Å². The maximum atomic E-state index is 5.59. The monoisotopic (exact) mass is 194 g/mol. The Labute approximate surface area is 79.2 Å². The number of aromatic amines is 1. The van der Waals surface area contributed by atoms with Gasteiger partial charge in [-0.05, 0) is 17.7 Å². The largest absolute Gasteiger partial charge is 0.323 e. The number of H-pyrrole nitrogens is 1. The van der Waals surface area contributed by atoms with Crippen LogP contribution in [0.15, 0.2) is 18.3 Å². The molecule has 0 atom stereocenters. The van der Waals surface area contributed by atoms with E-state index in [0.717, 1.165) is 0 Å². The van der Waals surface area contributed by atoms with E-state index >= 15 is 0 Å². The summed E-state index contributed by atoms with van der Waals surface area (Å²) in [7, 11) is 0. The zero-order valence-electron chi connectivity index (χ0n) is 6.45. The van der Waals surface area contributed by atoms with Crippen molar-refractivity contribution in [1.82, 2.24) is 20.2 Å². The second kappa shape index (κ2) is 3.40. The molecule has 0 spiro atoms. The summed E-state index contributed by atoms with van der Waals surface area (Å²) in [6.07, 6.45) is 4.25. The molecule has 0 saturated heterocycles. The standard InChI is InChI=1S/C7H5ClN5/c8-7-9-3-1-5(12-7)11-6-2-4-10-13-6/h1-3H,(H2,9,10,11,12,13). The zero-order chi connectivity index (χ0) is 9.10. The van der Waals surface area contributed by atoms with Gasteiger partial charge >= 0.3 is 0 Å². The maximum Gasteiger partial charge on any atom is 0.224 e. The summed E-state index contributed by atoms with van der Waals surface area (Å²) in [5.41, 5.74) is 0. The molecular weight excluding hydrogens is 190 g/mol. The highest BCUT2D eigenvalue weighted by molar-refractivity contribution is 6.28.